The average Bonchev–Trinajstić information content (AvgIpc) is 3.08. The first-order chi connectivity index (χ1) is 15.8. The maximum Gasteiger partial charge on any atom is 0.350 e. The molecule has 0 fully saturated rings. The first-order valence-corrected chi connectivity index (χ1v) is 10.9. The molecule has 0 radical (unpaired) electrons. The third-order valence-corrected chi connectivity index (χ3v) is 5.29. The SMILES string of the molecule is CCC[C@H](C)Oc1cc(-n2nc(CC)n(C)c2=O)c(F)cc1C(=O)Nc1ccccc1OC. The van der Waals surface area contributed by atoms with Crippen LogP contribution in [0.5, 0.6) is 11.5 Å². The number of halogens is 1. The third kappa shape index (κ3) is 5.08. The van der Waals surface area contributed by atoms with Gasteiger partial charge in [0.25, 0.3) is 5.91 Å². The van der Waals surface area contributed by atoms with Crippen molar-refractivity contribution in [1.82, 2.24) is 14.3 Å². The summed E-state index contributed by atoms with van der Waals surface area (Å²) in [7, 11) is 3.08. The number of anilines is 1. The molecule has 1 amide bonds. The van der Waals surface area contributed by atoms with Crippen molar-refractivity contribution in [1.29, 1.82) is 0 Å². The summed E-state index contributed by atoms with van der Waals surface area (Å²) in [4.78, 5) is 25.7. The van der Waals surface area contributed by atoms with Crippen LogP contribution >= 0.6 is 0 Å². The highest BCUT2D eigenvalue weighted by Gasteiger charge is 2.23. The lowest BCUT2D eigenvalue weighted by atomic mass is 10.1. The predicted octanol–water partition coefficient (Wildman–Crippen LogP) is 4.10. The van der Waals surface area contributed by atoms with Crippen molar-refractivity contribution >= 4 is 11.6 Å². The summed E-state index contributed by atoms with van der Waals surface area (Å²) >= 11 is 0. The van der Waals surface area contributed by atoms with Crippen molar-refractivity contribution in [3.63, 3.8) is 0 Å². The van der Waals surface area contributed by atoms with Gasteiger partial charge in [0.1, 0.15) is 28.8 Å². The summed E-state index contributed by atoms with van der Waals surface area (Å²) in [6.45, 7) is 5.75. The minimum atomic E-state index is -0.765. The number of benzene rings is 2. The van der Waals surface area contributed by atoms with Crippen molar-refractivity contribution < 1.29 is 18.7 Å². The Morgan fingerprint density at radius 3 is 2.58 bits per heavy atom. The summed E-state index contributed by atoms with van der Waals surface area (Å²) in [6, 6.07) is 9.34. The fraction of sp³-hybridized carbons (Fsp3) is 0.375. The average molecular weight is 457 g/mol. The molecule has 0 aliphatic heterocycles. The number of carbonyl (C=O) groups excluding carboxylic acids is 1. The van der Waals surface area contributed by atoms with Crippen molar-refractivity contribution in [3.8, 4) is 17.2 Å². The van der Waals surface area contributed by atoms with Crippen LogP contribution in [0.25, 0.3) is 5.69 Å². The van der Waals surface area contributed by atoms with Crippen LogP contribution in [0.4, 0.5) is 10.1 Å². The standard InChI is InChI=1S/C24H29FN4O4/c1-6-10-15(3)33-21-14-19(29-24(31)28(4)22(7-2)27-29)17(25)13-16(21)23(30)26-18-11-8-9-12-20(18)32-5/h8-9,11-15H,6-7,10H2,1-5H3,(H,26,30)/t15-/m0/s1. The number of nitrogens with zero attached hydrogens (tertiary/aromatic N) is 3. The second-order valence-corrected chi connectivity index (χ2v) is 7.69. The van der Waals surface area contributed by atoms with Gasteiger partial charge in [0.15, 0.2) is 0 Å². The van der Waals surface area contributed by atoms with E-state index in [1.807, 2.05) is 20.8 Å². The quantitative estimate of drug-likeness (QED) is 0.524. The molecule has 0 spiro atoms. The van der Waals surface area contributed by atoms with E-state index in [1.54, 1.807) is 31.3 Å². The molecule has 3 aromatic rings. The summed E-state index contributed by atoms with van der Waals surface area (Å²) in [6.07, 6.45) is 1.90. The van der Waals surface area contributed by atoms with Crippen LogP contribution in [0.2, 0.25) is 0 Å². The normalized spacial score (nSPS) is 11.8. The largest absolute Gasteiger partial charge is 0.495 e. The molecule has 9 heteroatoms. The number of aryl methyl sites for hydroxylation is 1. The van der Waals surface area contributed by atoms with Crippen LogP contribution in [0.15, 0.2) is 41.2 Å². The van der Waals surface area contributed by atoms with E-state index in [-0.39, 0.29) is 23.1 Å². The van der Waals surface area contributed by atoms with Gasteiger partial charge in [0.2, 0.25) is 0 Å². The number of carbonyl (C=O) groups is 1. The highest BCUT2D eigenvalue weighted by atomic mass is 19.1. The predicted molar refractivity (Wildman–Crippen MR) is 124 cm³/mol. The lowest BCUT2D eigenvalue weighted by Gasteiger charge is -2.18. The second kappa shape index (κ2) is 10.3. The van der Waals surface area contributed by atoms with Crippen LogP contribution in [-0.2, 0) is 13.5 Å². The first-order valence-electron chi connectivity index (χ1n) is 10.9. The molecule has 1 atom stereocenters. The Balaban J connectivity index is 2.08. The number of rotatable bonds is 9. The van der Waals surface area contributed by atoms with Gasteiger partial charge in [-0.2, -0.15) is 4.68 Å². The number of nitrogens with one attached hydrogen (secondary N) is 1. The monoisotopic (exact) mass is 456 g/mol. The fourth-order valence-corrected chi connectivity index (χ4v) is 3.54. The molecule has 0 aliphatic rings. The minimum Gasteiger partial charge on any atom is -0.495 e. The third-order valence-electron chi connectivity index (χ3n) is 5.29. The maximum absolute atomic E-state index is 15.2. The van der Waals surface area contributed by atoms with Gasteiger partial charge in [-0.25, -0.2) is 9.18 Å². The van der Waals surface area contributed by atoms with E-state index in [2.05, 4.69) is 10.4 Å². The molecular weight excluding hydrogens is 427 g/mol. The number of hydrogen-bond acceptors (Lipinski definition) is 5. The van der Waals surface area contributed by atoms with Gasteiger partial charge in [-0.1, -0.05) is 32.4 Å². The Bertz CT molecular complexity index is 1200. The van der Waals surface area contributed by atoms with E-state index in [1.165, 1.54) is 17.7 Å². The van der Waals surface area contributed by atoms with E-state index in [9.17, 15) is 9.59 Å². The van der Waals surface area contributed by atoms with Crippen LogP contribution in [0.3, 0.4) is 0 Å². The highest BCUT2D eigenvalue weighted by molar-refractivity contribution is 6.07. The Kier molecular flexibility index (Phi) is 7.52. The molecule has 0 saturated heterocycles. The number of amides is 1. The molecule has 176 valence electrons. The van der Waals surface area contributed by atoms with Gasteiger partial charge in [-0.05, 0) is 31.5 Å². The zero-order chi connectivity index (χ0) is 24.1. The van der Waals surface area contributed by atoms with Gasteiger partial charge in [0, 0.05) is 19.5 Å². The van der Waals surface area contributed by atoms with Gasteiger partial charge >= 0.3 is 5.69 Å². The summed E-state index contributed by atoms with van der Waals surface area (Å²) in [5.74, 6) is -0.184. The summed E-state index contributed by atoms with van der Waals surface area (Å²) in [5.41, 5.74) is -0.118. The number of hydrogen-bond donors (Lipinski definition) is 1. The molecule has 8 nitrogen and oxygen atoms in total. The van der Waals surface area contributed by atoms with Gasteiger partial charge in [0.05, 0.1) is 24.5 Å². The van der Waals surface area contributed by atoms with Crippen molar-refractivity contribution in [2.45, 2.75) is 46.1 Å². The van der Waals surface area contributed by atoms with Gasteiger partial charge < -0.3 is 14.8 Å². The molecule has 0 aliphatic carbocycles. The lowest BCUT2D eigenvalue weighted by Crippen LogP contribution is -2.24. The molecule has 33 heavy (non-hydrogen) atoms. The Morgan fingerprint density at radius 1 is 1.21 bits per heavy atom. The maximum atomic E-state index is 15.2. The molecule has 1 aromatic heterocycles. The molecule has 3 rings (SSSR count). The van der Waals surface area contributed by atoms with E-state index in [4.69, 9.17) is 9.47 Å². The zero-order valence-corrected chi connectivity index (χ0v) is 19.5. The molecule has 1 heterocycles. The fourth-order valence-electron chi connectivity index (χ4n) is 3.54. The topological polar surface area (TPSA) is 87.4 Å². The smallest absolute Gasteiger partial charge is 0.350 e. The van der Waals surface area contributed by atoms with Gasteiger partial charge in [-0.15, -0.1) is 5.10 Å². The Labute approximate surface area is 191 Å². The molecule has 1 N–H and O–H groups in total. The van der Waals surface area contributed by atoms with Gasteiger partial charge in [-0.3, -0.25) is 9.36 Å². The van der Waals surface area contributed by atoms with E-state index in [0.717, 1.165) is 23.6 Å². The second-order valence-electron chi connectivity index (χ2n) is 7.69. The summed E-state index contributed by atoms with van der Waals surface area (Å²) in [5, 5.41) is 6.98. The molecular formula is C24H29FN4O4. The Morgan fingerprint density at radius 2 is 1.94 bits per heavy atom. The zero-order valence-electron chi connectivity index (χ0n) is 19.5. The first kappa shape index (κ1) is 24.0. The number of aromatic nitrogens is 3. The van der Waals surface area contributed by atoms with Crippen LogP contribution in [-0.4, -0.2) is 33.5 Å². The molecule has 2 aromatic carbocycles. The van der Waals surface area contributed by atoms with Crippen molar-refractivity contribution in [3.05, 3.63) is 64.1 Å². The highest BCUT2D eigenvalue weighted by Crippen LogP contribution is 2.29. The van der Waals surface area contributed by atoms with Crippen molar-refractivity contribution in [2.75, 3.05) is 12.4 Å². The lowest BCUT2D eigenvalue weighted by molar-refractivity contribution is 0.101. The van der Waals surface area contributed by atoms with E-state index < -0.39 is 17.4 Å². The number of para-hydroxylation sites is 2. The van der Waals surface area contributed by atoms with Crippen molar-refractivity contribution in [2.24, 2.45) is 7.05 Å². The molecule has 0 bridgehead atoms. The van der Waals surface area contributed by atoms with Crippen LogP contribution in [0, 0.1) is 5.82 Å². The minimum absolute atomic E-state index is 0.00445. The van der Waals surface area contributed by atoms with E-state index in [0.29, 0.717) is 23.7 Å². The number of ether oxygens (including phenoxy) is 2. The number of methoxy groups -OCH3 is 1. The van der Waals surface area contributed by atoms with E-state index >= 15 is 4.39 Å². The van der Waals surface area contributed by atoms with Crippen LogP contribution in [0.1, 0.15) is 49.8 Å². The van der Waals surface area contributed by atoms with Crippen LogP contribution < -0.4 is 20.5 Å². The molecule has 0 saturated carbocycles. The molecule has 0 unspecified atom stereocenters. The summed E-state index contributed by atoms with van der Waals surface area (Å²) < 4.78 is 28.8. The Hall–Kier alpha value is -3.62.